The number of hydrogen-bond acceptors (Lipinski definition) is 5. The van der Waals surface area contributed by atoms with Crippen LogP contribution in [0.1, 0.15) is 24.7 Å². The van der Waals surface area contributed by atoms with Crippen LogP contribution in [0.15, 0.2) is 28.8 Å². The van der Waals surface area contributed by atoms with Crippen LogP contribution >= 0.6 is 0 Å². The van der Waals surface area contributed by atoms with Crippen LogP contribution in [0.3, 0.4) is 0 Å². The summed E-state index contributed by atoms with van der Waals surface area (Å²) in [6.07, 6.45) is 2.21. The molecule has 1 fully saturated rings. The van der Waals surface area contributed by atoms with Crippen molar-refractivity contribution in [3.05, 3.63) is 30.2 Å². The Balaban J connectivity index is 1.84. The van der Waals surface area contributed by atoms with Gasteiger partial charge in [0.25, 0.3) is 0 Å². The van der Waals surface area contributed by atoms with Gasteiger partial charge in [-0.25, -0.2) is 0 Å². The van der Waals surface area contributed by atoms with Crippen molar-refractivity contribution < 1.29 is 9.63 Å². The Morgan fingerprint density at radius 2 is 2.33 bits per heavy atom. The number of piperidine rings is 1. The Labute approximate surface area is 105 Å². The van der Waals surface area contributed by atoms with E-state index in [0.717, 1.165) is 31.5 Å². The molecule has 0 bridgehead atoms. The van der Waals surface area contributed by atoms with Crippen molar-refractivity contribution in [1.82, 2.24) is 15.5 Å². The molecule has 2 heterocycles. The number of phenols is 1. The predicted octanol–water partition coefficient (Wildman–Crippen LogP) is 1.91. The Morgan fingerprint density at radius 1 is 1.39 bits per heavy atom. The topological polar surface area (TPSA) is 71.2 Å². The highest BCUT2D eigenvalue weighted by molar-refractivity contribution is 5.56. The van der Waals surface area contributed by atoms with Crippen LogP contribution in [-0.4, -0.2) is 28.3 Å². The average Bonchev–Trinajstić information content (AvgIpc) is 2.89. The molecule has 0 aliphatic carbocycles. The van der Waals surface area contributed by atoms with Gasteiger partial charge in [-0.15, -0.1) is 0 Å². The van der Waals surface area contributed by atoms with Crippen molar-refractivity contribution in [1.29, 1.82) is 0 Å². The largest absolute Gasteiger partial charge is 0.508 e. The van der Waals surface area contributed by atoms with Crippen LogP contribution < -0.4 is 5.32 Å². The lowest BCUT2D eigenvalue weighted by Crippen LogP contribution is -2.28. The maximum atomic E-state index is 9.43. The first-order valence-electron chi connectivity index (χ1n) is 6.16. The molecule has 1 aliphatic rings. The van der Waals surface area contributed by atoms with Gasteiger partial charge in [-0.1, -0.05) is 17.3 Å². The van der Waals surface area contributed by atoms with Gasteiger partial charge in [-0.05, 0) is 31.5 Å². The van der Waals surface area contributed by atoms with Crippen LogP contribution in [0, 0.1) is 0 Å². The van der Waals surface area contributed by atoms with Gasteiger partial charge in [-0.3, -0.25) is 0 Å². The SMILES string of the molecule is Oc1cccc(-c2noc(C3CCCNC3)n2)c1. The first-order chi connectivity index (χ1) is 8.83. The van der Waals surface area contributed by atoms with Crippen LogP contribution in [0.2, 0.25) is 0 Å². The van der Waals surface area contributed by atoms with Crippen molar-refractivity contribution in [2.75, 3.05) is 13.1 Å². The summed E-state index contributed by atoms with van der Waals surface area (Å²) in [6, 6.07) is 6.87. The van der Waals surface area contributed by atoms with E-state index in [0.29, 0.717) is 17.6 Å². The number of nitrogens with one attached hydrogen (secondary N) is 1. The second-order valence-corrected chi connectivity index (χ2v) is 4.55. The zero-order valence-corrected chi connectivity index (χ0v) is 9.97. The van der Waals surface area contributed by atoms with Crippen molar-refractivity contribution in [2.24, 2.45) is 0 Å². The molecule has 0 spiro atoms. The third-order valence-electron chi connectivity index (χ3n) is 3.19. The predicted molar refractivity (Wildman–Crippen MR) is 66.2 cm³/mol. The molecular formula is C13H15N3O2. The van der Waals surface area contributed by atoms with E-state index in [4.69, 9.17) is 4.52 Å². The van der Waals surface area contributed by atoms with Crippen molar-refractivity contribution in [3.63, 3.8) is 0 Å². The molecule has 5 nitrogen and oxygen atoms in total. The lowest BCUT2D eigenvalue weighted by atomic mass is 10.00. The van der Waals surface area contributed by atoms with Crippen LogP contribution in [0.25, 0.3) is 11.4 Å². The molecule has 3 rings (SSSR count). The fourth-order valence-corrected chi connectivity index (χ4v) is 2.23. The second kappa shape index (κ2) is 4.78. The maximum absolute atomic E-state index is 9.43. The summed E-state index contributed by atoms with van der Waals surface area (Å²) in [5, 5.41) is 16.7. The summed E-state index contributed by atoms with van der Waals surface area (Å²) < 4.78 is 5.32. The molecule has 1 atom stereocenters. The Bertz CT molecular complexity index is 533. The molecule has 18 heavy (non-hydrogen) atoms. The third-order valence-corrected chi connectivity index (χ3v) is 3.19. The van der Waals surface area contributed by atoms with E-state index in [2.05, 4.69) is 15.5 Å². The number of rotatable bonds is 2. The minimum Gasteiger partial charge on any atom is -0.508 e. The lowest BCUT2D eigenvalue weighted by Gasteiger charge is -2.18. The summed E-state index contributed by atoms with van der Waals surface area (Å²) in [5.74, 6) is 1.72. The van der Waals surface area contributed by atoms with Crippen molar-refractivity contribution in [3.8, 4) is 17.1 Å². The highest BCUT2D eigenvalue weighted by atomic mass is 16.5. The molecule has 2 aromatic rings. The number of aromatic hydroxyl groups is 1. The molecule has 1 unspecified atom stereocenters. The van der Waals surface area contributed by atoms with Gasteiger partial charge in [0.1, 0.15) is 5.75 Å². The molecule has 1 aromatic carbocycles. The van der Waals surface area contributed by atoms with Crippen molar-refractivity contribution in [2.45, 2.75) is 18.8 Å². The highest BCUT2D eigenvalue weighted by Gasteiger charge is 2.21. The van der Waals surface area contributed by atoms with E-state index in [-0.39, 0.29) is 5.75 Å². The first kappa shape index (κ1) is 11.2. The smallest absolute Gasteiger partial charge is 0.231 e. The number of aromatic nitrogens is 2. The normalized spacial score (nSPS) is 19.9. The molecular weight excluding hydrogens is 230 g/mol. The number of benzene rings is 1. The van der Waals surface area contributed by atoms with Gasteiger partial charge in [0.2, 0.25) is 11.7 Å². The van der Waals surface area contributed by atoms with Gasteiger partial charge in [0, 0.05) is 12.1 Å². The Hall–Kier alpha value is -1.88. The summed E-state index contributed by atoms with van der Waals surface area (Å²) in [7, 11) is 0. The monoisotopic (exact) mass is 245 g/mol. The molecule has 0 saturated carbocycles. The summed E-state index contributed by atoms with van der Waals surface area (Å²) in [5.41, 5.74) is 0.772. The third kappa shape index (κ3) is 2.22. The van der Waals surface area contributed by atoms with Crippen molar-refractivity contribution >= 4 is 0 Å². The molecule has 0 radical (unpaired) electrons. The number of hydrogen-bond donors (Lipinski definition) is 2. The fraction of sp³-hybridized carbons (Fsp3) is 0.385. The van der Waals surface area contributed by atoms with Crippen LogP contribution in [0.4, 0.5) is 0 Å². The minimum atomic E-state index is 0.207. The lowest BCUT2D eigenvalue weighted by molar-refractivity contribution is 0.322. The van der Waals surface area contributed by atoms with E-state index >= 15 is 0 Å². The molecule has 1 aliphatic heterocycles. The highest BCUT2D eigenvalue weighted by Crippen LogP contribution is 2.25. The van der Waals surface area contributed by atoms with E-state index < -0.39 is 0 Å². The maximum Gasteiger partial charge on any atom is 0.231 e. The summed E-state index contributed by atoms with van der Waals surface area (Å²) in [6.45, 7) is 1.95. The van der Waals surface area contributed by atoms with E-state index in [9.17, 15) is 5.11 Å². The van der Waals surface area contributed by atoms with E-state index in [1.54, 1.807) is 18.2 Å². The fourth-order valence-electron chi connectivity index (χ4n) is 2.23. The summed E-state index contributed by atoms with van der Waals surface area (Å²) in [4.78, 5) is 4.42. The number of phenolic OH excluding ortho intramolecular Hbond substituents is 1. The van der Waals surface area contributed by atoms with Gasteiger partial charge in [0.05, 0.1) is 5.92 Å². The first-order valence-corrected chi connectivity index (χ1v) is 6.16. The minimum absolute atomic E-state index is 0.207. The quantitative estimate of drug-likeness (QED) is 0.845. The molecule has 94 valence electrons. The van der Waals surface area contributed by atoms with Crippen LogP contribution in [0.5, 0.6) is 5.75 Å². The molecule has 2 N–H and O–H groups in total. The molecule has 0 amide bonds. The van der Waals surface area contributed by atoms with Crippen LogP contribution in [-0.2, 0) is 0 Å². The average molecular weight is 245 g/mol. The van der Waals surface area contributed by atoms with E-state index in [1.165, 1.54) is 0 Å². The Kier molecular flexibility index (Phi) is 2.98. The van der Waals surface area contributed by atoms with Gasteiger partial charge in [0.15, 0.2) is 0 Å². The summed E-state index contributed by atoms with van der Waals surface area (Å²) >= 11 is 0. The van der Waals surface area contributed by atoms with Gasteiger partial charge < -0.3 is 14.9 Å². The molecule has 5 heteroatoms. The standard InChI is InChI=1S/C13H15N3O2/c17-11-5-1-3-9(7-11)12-15-13(18-16-12)10-4-2-6-14-8-10/h1,3,5,7,10,14,17H,2,4,6,8H2. The molecule has 1 saturated heterocycles. The van der Waals surface area contributed by atoms with Gasteiger partial charge in [-0.2, -0.15) is 4.98 Å². The van der Waals surface area contributed by atoms with Gasteiger partial charge >= 0.3 is 0 Å². The number of nitrogens with zero attached hydrogens (tertiary/aromatic N) is 2. The molecule has 1 aromatic heterocycles. The Morgan fingerprint density at radius 3 is 3.11 bits per heavy atom. The zero-order chi connectivity index (χ0) is 12.4. The zero-order valence-electron chi connectivity index (χ0n) is 9.97. The second-order valence-electron chi connectivity index (χ2n) is 4.55. The van der Waals surface area contributed by atoms with E-state index in [1.807, 2.05) is 6.07 Å².